The molecule has 1 N–H and O–H groups in total. The van der Waals surface area contributed by atoms with E-state index < -0.39 is 5.25 Å². The first-order valence-corrected chi connectivity index (χ1v) is 9.53. The molecule has 0 saturated heterocycles. The highest BCUT2D eigenvalue weighted by molar-refractivity contribution is 8.00. The minimum Gasteiger partial charge on any atom is -0.459 e. The number of nitrogens with zero attached hydrogens (tertiary/aromatic N) is 2. The maximum Gasteiger partial charge on any atom is 0.284 e. The van der Waals surface area contributed by atoms with E-state index in [4.69, 9.17) is 8.83 Å². The van der Waals surface area contributed by atoms with Gasteiger partial charge in [0.2, 0.25) is 5.91 Å². The standard InChI is InChI=1S/C21H17N3O3S/c1-14-9-11-16(12-10-14)22-19(25)18(15-6-3-2-4-7-15)28-21-24-23-20(27-21)17-8-5-13-26-17/h2-13,18H,1H3,(H,22,25). The third-order valence-corrected chi connectivity index (χ3v) is 5.11. The summed E-state index contributed by atoms with van der Waals surface area (Å²) in [6, 6.07) is 20.6. The largest absolute Gasteiger partial charge is 0.459 e. The number of carbonyl (C=O) groups is 1. The summed E-state index contributed by atoms with van der Waals surface area (Å²) in [6.07, 6.45) is 1.54. The number of anilines is 1. The van der Waals surface area contributed by atoms with E-state index in [1.165, 1.54) is 18.0 Å². The molecule has 2 heterocycles. The predicted octanol–water partition coefficient (Wildman–Crippen LogP) is 5.11. The molecule has 0 fully saturated rings. The number of carbonyl (C=O) groups excluding carboxylic acids is 1. The van der Waals surface area contributed by atoms with Crippen molar-refractivity contribution in [1.29, 1.82) is 0 Å². The number of rotatable bonds is 6. The van der Waals surface area contributed by atoms with Crippen LogP contribution in [-0.4, -0.2) is 16.1 Å². The molecule has 2 aromatic heterocycles. The summed E-state index contributed by atoms with van der Waals surface area (Å²) < 4.78 is 10.9. The molecular formula is C21H17N3O3S. The van der Waals surface area contributed by atoms with Crippen LogP contribution < -0.4 is 5.32 Å². The number of hydrogen-bond acceptors (Lipinski definition) is 6. The molecule has 4 rings (SSSR count). The maximum atomic E-state index is 13.0. The molecule has 4 aromatic rings. The van der Waals surface area contributed by atoms with Gasteiger partial charge in [-0.3, -0.25) is 4.79 Å². The Morgan fingerprint density at radius 3 is 2.50 bits per heavy atom. The lowest BCUT2D eigenvalue weighted by molar-refractivity contribution is -0.115. The van der Waals surface area contributed by atoms with E-state index >= 15 is 0 Å². The topological polar surface area (TPSA) is 81.2 Å². The molecule has 1 amide bonds. The number of aryl methyl sites for hydroxylation is 1. The van der Waals surface area contributed by atoms with E-state index in [9.17, 15) is 4.79 Å². The molecule has 28 heavy (non-hydrogen) atoms. The van der Waals surface area contributed by atoms with Crippen LogP contribution in [0.5, 0.6) is 0 Å². The third-order valence-electron chi connectivity index (χ3n) is 4.02. The van der Waals surface area contributed by atoms with E-state index in [0.29, 0.717) is 11.0 Å². The quantitative estimate of drug-likeness (QED) is 0.460. The van der Waals surface area contributed by atoms with Gasteiger partial charge in [-0.05, 0) is 48.5 Å². The molecule has 0 saturated carbocycles. The minimum atomic E-state index is -0.549. The number of furan rings is 1. The average Bonchev–Trinajstić information content (AvgIpc) is 3.40. The maximum absolute atomic E-state index is 13.0. The van der Waals surface area contributed by atoms with Gasteiger partial charge in [-0.15, -0.1) is 10.2 Å². The molecule has 7 heteroatoms. The van der Waals surface area contributed by atoms with Gasteiger partial charge in [0.25, 0.3) is 11.1 Å². The van der Waals surface area contributed by atoms with E-state index in [1.54, 1.807) is 12.1 Å². The Labute approximate surface area is 166 Å². The highest BCUT2D eigenvalue weighted by Crippen LogP contribution is 2.36. The highest BCUT2D eigenvalue weighted by Gasteiger charge is 2.25. The highest BCUT2D eigenvalue weighted by atomic mass is 32.2. The fourth-order valence-corrected chi connectivity index (χ4v) is 3.48. The molecule has 0 aliphatic rings. The van der Waals surface area contributed by atoms with Crippen molar-refractivity contribution in [3.63, 3.8) is 0 Å². The molecule has 0 spiro atoms. The molecule has 6 nitrogen and oxygen atoms in total. The Kier molecular flexibility index (Phi) is 5.25. The monoisotopic (exact) mass is 391 g/mol. The molecule has 2 aromatic carbocycles. The minimum absolute atomic E-state index is 0.169. The smallest absolute Gasteiger partial charge is 0.284 e. The number of thioether (sulfide) groups is 1. The molecule has 0 aliphatic carbocycles. The zero-order valence-corrected chi connectivity index (χ0v) is 15.8. The van der Waals surface area contributed by atoms with Gasteiger partial charge in [0.1, 0.15) is 5.25 Å². The van der Waals surface area contributed by atoms with Gasteiger partial charge in [-0.2, -0.15) is 0 Å². The second kappa shape index (κ2) is 8.14. The first-order chi connectivity index (χ1) is 13.7. The Morgan fingerprint density at radius 2 is 1.79 bits per heavy atom. The van der Waals surface area contributed by atoms with Crippen molar-refractivity contribution < 1.29 is 13.6 Å². The van der Waals surface area contributed by atoms with Gasteiger partial charge in [0.15, 0.2) is 5.76 Å². The van der Waals surface area contributed by atoms with Crippen LogP contribution >= 0.6 is 11.8 Å². The van der Waals surface area contributed by atoms with Crippen LogP contribution in [0, 0.1) is 6.92 Å². The van der Waals surface area contributed by atoms with E-state index in [0.717, 1.165) is 16.8 Å². The van der Waals surface area contributed by atoms with Crippen LogP contribution in [0.1, 0.15) is 16.4 Å². The third kappa shape index (κ3) is 4.15. The van der Waals surface area contributed by atoms with Gasteiger partial charge in [0.05, 0.1) is 6.26 Å². The molecule has 0 radical (unpaired) electrons. The Bertz CT molecular complexity index is 1040. The number of aromatic nitrogens is 2. The number of benzene rings is 2. The zero-order chi connectivity index (χ0) is 19.3. The first-order valence-electron chi connectivity index (χ1n) is 8.65. The normalized spacial score (nSPS) is 11.9. The van der Waals surface area contributed by atoms with Crippen LogP contribution in [0.4, 0.5) is 5.69 Å². The van der Waals surface area contributed by atoms with Crippen molar-refractivity contribution in [1.82, 2.24) is 10.2 Å². The number of hydrogen-bond donors (Lipinski definition) is 1. The van der Waals surface area contributed by atoms with Crippen molar-refractivity contribution in [2.45, 2.75) is 17.4 Å². The van der Waals surface area contributed by atoms with Gasteiger partial charge in [0, 0.05) is 5.69 Å². The number of nitrogens with one attached hydrogen (secondary N) is 1. The van der Waals surface area contributed by atoms with Gasteiger partial charge < -0.3 is 14.2 Å². The number of amides is 1. The lowest BCUT2D eigenvalue weighted by atomic mass is 10.1. The van der Waals surface area contributed by atoms with Crippen molar-refractivity contribution >= 4 is 23.4 Å². The summed E-state index contributed by atoms with van der Waals surface area (Å²) in [5, 5.41) is 10.7. The van der Waals surface area contributed by atoms with E-state index in [1.807, 2.05) is 61.5 Å². The van der Waals surface area contributed by atoms with E-state index in [2.05, 4.69) is 15.5 Å². The second-order valence-corrected chi connectivity index (χ2v) is 7.17. The summed E-state index contributed by atoms with van der Waals surface area (Å²) in [5.74, 6) is 0.593. The van der Waals surface area contributed by atoms with Gasteiger partial charge in [-0.25, -0.2) is 0 Å². The summed E-state index contributed by atoms with van der Waals surface area (Å²) in [5.41, 5.74) is 2.71. The van der Waals surface area contributed by atoms with Crippen molar-refractivity contribution in [3.8, 4) is 11.7 Å². The van der Waals surface area contributed by atoms with Crippen molar-refractivity contribution in [2.24, 2.45) is 0 Å². The molecule has 1 atom stereocenters. The summed E-state index contributed by atoms with van der Waals surface area (Å²) in [4.78, 5) is 13.0. The Hall–Kier alpha value is -3.32. The fourth-order valence-electron chi connectivity index (χ4n) is 2.60. The fraction of sp³-hybridized carbons (Fsp3) is 0.0952. The van der Waals surface area contributed by atoms with Crippen molar-refractivity contribution in [2.75, 3.05) is 5.32 Å². The molecule has 140 valence electrons. The predicted molar refractivity (Wildman–Crippen MR) is 107 cm³/mol. The average molecular weight is 391 g/mol. The van der Waals surface area contributed by atoms with Crippen LogP contribution in [-0.2, 0) is 4.79 Å². The Balaban J connectivity index is 1.57. The molecular weight excluding hydrogens is 374 g/mol. The Morgan fingerprint density at radius 1 is 1.00 bits per heavy atom. The van der Waals surface area contributed by atoms with Gasteiger partial charge >= 0.3 is 0 Å². The van der Waals surface area contributed by atoms with Crippen LogP contribution in [0.25, 0.3) is 11.7 Å². The van der Waals surface area contributed by atoms with Crippen LogP contribution in [0.3, 0.4) is 0 Å². The van der Waals surface area contributed by atoms with Crippen LogP contribution in [0.2, 0.25) is 0 Å². The second-order valence-electron chi connectivity index (χ2n) is 6.11. The molecule has 0 aliphatic heterocycles. The van der Waals surface area contributed by atoms with Gasteiger partial charge in [-0.1, -0.05) is 48.0 Å². The lowest BCUT2D eigenvalue weighted by Crippen LogP contribution is -2.19. The SMILES string of the molecule is Cc1ccc(NC(=O)C(Sc2nnc(-c3ccco3)o2)c2ccccc2)cc1. The summed E-state index contributed by atoms with van der Waals surface area (Å²) >= 11 is 1.20. The molecule has 1 unspecified atom stereocenters. The first kappa shape index (κ1) is 18.1. The lowest BCUT2D eigenvalue weighted by Gasteiger charge is -2.15. The summed E-state index contributed by atoms with van der Waals surface area (Å²) in [7, 11) is 0. The zero-order valence-electron chi connectivity index (χ0n) is 15.0. The van der Waals surface area contributed by atoms with Crippen LogP contribution in [0.15, 0.2) is 87.1 Å². The molecule has 0 bridgehead atoms. The summed E-state index contributed by atoms with van der Waals surface area (Å²) in [6.45, 7) is 2.00. The van der Waals surface area contributed by atoms with E-state index in [-0.39, 0.29) is 11.8 Å². The van der Waals surface area contributed by atoms with Crippen molar-refractivity contribution in [3.05, 3.63) is 84.1 Å².